The van der Waals surface area contributed by atoms with E-state index in [-0.39, 0.29) is 0 Å². The van der Waals surface area contributed by atoms with Gasteiger partial charge in [0.25, 0.3) is 0 Å². The molecule has 0 unspecified atom stereocenters. The molecule has 0 amide bonds. The topological polar surface area (TPSA) is 9.23 Å². The summed E-state index contributed by atoms with van der Waals surface area (Å²) in [6.07, 6.45) is 0. The Balaban J connectivity index is 2.48. The van der Waals surface area contributed by atoms with Gasteiger partial charge in [0.05, 0.1) is 6.61 Å². The highest BCUT2D eigenvalue weighted by Gasteiger charge is 1.96. The molecule has 1 aromatic rings. The maximum absolute atomic E-state index is 5.61. The van der Waals surface area contributed by atoms with Crippen LogP contribution in [-0.2, 0) is 11.0 Å². The molecular formula is C10H16OSi. The molecule has 66 valence electrons. The van der Waals surface area contributed by atoms with Gasteiger partial charge in [-0.15, -0.1) is 0 Å². The van der Waals surface area contributed by atoms with E-state index < -0.39 is 9.04 Å². The van der Waals surface area contributed by atoms with Gasteiger partial charge < -0.3 is 4.43 Å². The summed E-state index contributed by atoms with van der Waals surface area (Å²) in [5.74, 6) is 0. The van der Waals surface area contributed by atoms with Crippen LogP contribution >= 0.6 is 0 Å². The van der Waals surface area contributed by atoms with Crippen molar-refractivity contribution in [3.05, 3.63) is 35.4 Å². The normalized spacial score (nSPS) is 10.7. The Morgan fingerprint density at radius 1 is 1.17 bits per heavy atom. The second kappa shape index (κ2) is 4.43. The molecule has 12 heavy (non-hydrogen) atoms. The fourth-order valence-corrected chi connectivity index (χ4v) is 1.47. The summed E-state index contributed by atoms with van der Waals surface area (Å²) in [7, 11) is -0.853. The quantitative estimate of drug-likeness (QED) is 0.649. The third-order valence-electron chi connectivity index (χ3n) is 1.70. The van der Waals surface area contributed by atoms with Crippen LogP contribution in [-0.4, -0.2) is 9.04 Å². The molecule has 0 aliphatic heterocycles. The van der Waals surface area contributed by atoms with E-state index in [2.05, 4.69) is 44.3 Å². The van der Waals surface area contributed by atoms with Gasteiger partial charge in [-0.1, -0.05) is 29.8 Å². The fourth-order valence-electron chi connectivity index (χ4n) is 0.947. The first kappa shape index (κ1) is 9.48. The third-order valence-corrected chi connectivity index (χ3v) is 2.54. The predicted molar refractivity (Wildman–Crippen MR) is 54.8 cm³/mol. The summed E-state index contributed by atoms with van der Waals surface area (Å²) in [6.45, 7) is 7.26. The van der Waals surface area contributed by atoms with Gasteiger partial charge in [0, 0.05) is 0 Å². The maximum atomic E-state index is 5.61. The summed E-state index contributed by atoms with van der Waals surface area (Å²) >= 11 is 0. The molecule has 1 nitrogen and oxygen atoms in total. The van der Waals surface area contributed by atoms with E-state index in [1.54, 1.807) is 0 Å². The Bertz CT molecular complexity index is 228. The van der Waals surface area contributed by atoms with E-state index in [0.29, 0.717) is 0 Å². The summed E-state index contributed by atoms with van der Waals surface area (Å²) < 4.78 is 5.61. The molecule has 0 heterocycles. The molecule has 1 rings (SSSR count). The molecule has 0 aliphatic carbocycles. The van der Waals surface area contributed by atoms with Crippen molar-refractivity contribution in [2.75, 3.05) is 0 Å². The van der Waals surface area contributed by atoms with Crippen LogP contribution in [0.15, 0.2) is 24.3 Å². The highest BCUT2D eigenvalue weighted by molar-refractivity contribution is 6.48. The van der Waals surface area contributed by atoms with Crippen LogP contribution < -0.4 is 0 Å². The van der Waals surface area contributed by atoms with Gasteiger partial charge in [-0.25, -0.2) is 0 Å². The van der Waals surface area contributed by atoms with Crippen molar-refractivity contribution in [2.24, 2.45) is 0 Å². The first-order valence-electron chi connectivity index (χ1n) is 4.35. The predicted octanol–water partition coefficient (Wildman–Crippen LogP) is 2.50. The molecule has 0 saturated carbocycles. The number of benzene rings is 1. The monoisotopic (exact) mass is 180 g/mol. The van der Waals surface area contributed by atoms with Gasteiger partial charge >= 0.3 is 0 Å². The minimum atomic E-state index is -0.853. The maximum Gasteiger partial charge on any atom is 0.171 e. The van der Waals surface area contributed by atoms with Crippen LogP contribution in [0.25, 0.3) is 0 Å². The molecule has 0 fully saturated rings. The minimum absolute atomic E-state index is 0.782. The zero-order valence-corrected chi connectivity index (χ0v) is 9.16. The highest BCUT2D eigenvalue weighted by Crippen LogP contribution is 2.04. The van der Waals surface area contributed by atoms with Gasteiger partial charge in [-0.3, -0.25) is 0 Å². The summed E-state index contributed by atoms with van der Waals surface area (Å²) in [4.78, 5) is 0. The smallest absolute Gasteiger partial charge is 0.171 e. The van der Waals surface area contributed by atoms with E-state index in [0.717, 1.165) is 6.61 Å². The molecule has 0 aliphatic rings. The van der Waals surface area contributed by atoms with Crippen molar-refractivity contribution in [1.29, 1.82) is 0 Å². The Hall–Kier alpha value is -0.603. The molecule has 0 aromatic heterocycles. The lowest BCUT2D eigenvalue weighted by Crippen LogP contribution is -2.06. The van der Waals surface area contributed by atoms with Crippen molar-refractivity contribution in [3.63, 3.8) is 0 Å². The second-order valence-corrected chi connectivity index (χ2v) is 5.78. The standard InChI is InChI=1S/C10H16OSi/c1-9-4-6-10(7-5-9)8-11-12(2)3/h4-7,12H,8H2,1-3H3. The molecule has 0 atom stereocenters. The Morgan fingerprint density at radius 2 is 1.75 bits per heavy atom. The number of hydrogen-bond acceptors (Lipinski definition) is 1. The van der Waals surface area contributed by atoms with Crippen LogP contribution in [0, 0.1) is 6.92 Å². The number of hydrogen-bond donors (Lipinski definition) is 0. The van der Waals surface area contributed by atoms with Crippen LogP contribution in [0.2, 0.25) is 13.1 Å². The lowest BCUT2D eigenvalue weighted by Gasteiger charge is -2.06. The van der Waals surface area contributed by atoms with Crippen molar-refractivity contribution < 1.29 is 4.43 Å². The summed E-state index contributed by atoms with van der Waals surface area (Å²) in [6, 6.07) is 8.51. The lowest BCUT2D eigenvalue weighted by atomic mass is 10.2. The van der Waals surface area contributed by atoms with Gasteiger partial charge in [-0.05, 0) is 25.6 Å². The van der Waals surface area contributed by atoms with Crippen LogP contribution in [0.5, 0.6) is 0 Å². The Labute approximate surface area is 76.1 Å². The van der Waals surface area contributed by atoms with Crippen molar-refractivity contribution in [2.45, 2.75) is 26.6 Å². The molecule has 0 saturated heterocycles. The average Bonchev–Trinajstić information content (AvgIpc) is 2.03. The van der Waals surface area contributed by atoms with Crippen molar-refractivity contribution in [1.82, 2.24) is 0 Å². The molecule has 2 heteroatoms. The van der Waals surface area contributed by atoms with E-state index in [1.807, 2.05) is 0 Å². The largest absolute Gasteiger partial charge is 0.416 e. The Morgan fingerprint density at radius 3 is 2.25 bits per heavy atom. The van der Waals surface area contributed by atoms with E-state index in [4.69, 9.17) is 4.43 Å². The van der Waals surface area contributed by atoms with Gasteiger partial charge in [-0.2, -0.15) is 0 Å². The Kier molecular flexibility index (Phi) is 3.50. The van der Waals surface area contributed by atoms with Crippen LogP contribution in [0.3, 0.4) is 0 Å². The van der Waals surface area contributed by atoms with E-state index >= 15 is 0 Å². The molecule has 0 radical (unpaired) electrons. The summed E-state index contributed by atoms with van der Waals surface area (Å²) in [5, 5.41) is 0. The molecule has 0 bridgehead atoms. The van der Waals surface area contributed by atoms with Gasteiger partial charge in [0.15, 0.2) is 9.04 Å². The van der Waals surface area contributed by atoms with Gasteiger partial charge in [0.1, 0.15) is 0 Å². The first-order chi connectivity index (χ1) is 5.68. The van der Waals surface area contributed by atoms with E-state index in [9.17, 15) is 0 Å². The summed E-state index contributed by atoms with van der Waals surface area (Å²) in [5.41, 5.74) is 2.59. The number of aryl methyl sites for hydroxylation is 1. The molecule has 0 spiro atoms. The van der Waals surface area contributed by atoms with Crippen LogP contribution in [0.4, 0.5) is 0 Å². The third kappa shape index (κ3) is 3.20. The lowest BCUT2D eigenvalue weighted by molar-refractivity contribution is 0.314. The molecule has 1 aromatic carbocycles. The minimum Gasteiger partial charge on any atom is -0.416 e. The molecular weight excluding hydrogens is 164 g/mol. The SMILES string of the molecule is Cc1ccc(CO[SiH](C)C)cc1. The van der Waals surface area contributed by atoms with Gasteiger partial charge in [0.2, 0.25) is 0 Å². The van der Waals surface area contributed by atoms with Crippen molar-refractivity contribution in [3.8, 4) is 0 Å². The zero-order valence-electron chi connectivity index (χ0n) is 8.00. The first-order valence-corrected chi connectivity index (χ1v) is 7.13. The van der Waals surface area contributed by atoms with E-state index in [1.165, 1.54) is 11.1 Å². The molecule has 0 N–H and O–H groups in total. The van der Waals surface area contributed by atoms with Crippen LogP contribution in [0.1, 0.15) is 11.1 Å². The zero-order chi connectivity index (χ0) is 8.97. The second-order valence-electron chi connectivity index (χ2n) is 3.35. The number of rotatable bonds is 3. The fraction of sp³-hybridized carbons (Fsp3) is 0.400. The highest BCUT2D eigenvalue weighted by atomic mass is 28.3. The average molecular weight is 180 g/mol. The van der Waals surface area contributed by atoms with Crippen molar-refractivity contribution >= 4 is 9.04 Å².